The highest BCUT2D eigenvalue weighted by molar-refractivity contribution is 6.12. The van der Waals surface area contributed by atoms with Crippen LogP contribution in [-0.2, 0) is 7.05 Å². The van der Waals surface area contributed by atoms with E-state index in [1.54, 1.807) is 6.08 Å². The Kier molecular flexibility index (Phi) is 4.64. The van der Waals surface area contributed by atoms with Gasteiger partial charge in [0.1, 0.15) is 17.1 Å². The molecule has 0 saturated carbocycles. The van der Waals surface area contributed by atoms with E-state index in [4.69, 9.17) is 4.74 Å². The van der Waals surface area contributed by atoms with E-state index in [-0.39, 0.29) is 5.78 Å². The maximum absolute atomic E-state index is 13.1. The molecule has 0 radical (unpaired) electrons. The minimum absolute atomic E-state index is 0.0761. The van der Waals surface area contributed by atoms with Crippen molar-refractivity contribution in [2.45, 2.75) is 6.92 Å². The molecule has 0 aliphatic rings. The fourth-order valence-corrected chi connectivity index (χ4v) is 3.88. The Morgan fingerprint density at radius 3 is 2.42 bits per heavy atom. The lowest BCUT2D eigenvalue weighted by atomic mass is 10.1. The molecule has 0 atom stereocenters. The molecule has 0 N–H and O–H groups in total. The summed E-state index contributed by atoms with van der Waals surface area (Å²) < 4.78 is 9.75. The molecule has 3 aromatic carbocycles. The monoisotopic (exact) mass is 407 g/mol. The third kappa shape index (κ3) is 3.40. The number of ether oxygens (including phenoxy) is 1. The van der Waals surface area contributed by atoms with Gasteiger partial charge in [-0.3, -0.25) is 4.79 Å². The van der Waals surface area contributed by atoms with Crippen molar-refractivity contribution in [3.63, 3.8) is 0 Å². The third-order valence-corrected chi connectivity index (χ3v) is 5.34. The number of hydrogen-bond donors (Lipinski definition) is 0. The summed E-state index contributed by atoms with van der Waals surface area (Å²) in [6.45, 7) is 1.87. The molecule has 2 heterocycles. The summed E-state index contributed by atoms with van der Waals surface area (Å²) in [5, 5.41) is 4.62. The second kappa shape index (κ2) is 7.61. The molecule has 5 rings (SSSR count). The molecule has 2 aromatic heterocycles. The normalized spacial score (nSPS) is 11.5. The predicted molar refractivity (Wildman–Crippen MR) is 123 cm³/mol. The van der Waals surface area contributed by atoms with Crippen LogP contribution in [0, 0.1) is 6.92 Å². The summed E-state index contributed by atoms with van der Waals surface area (Å²) in [6, 6.07) is 25.3. The number of fused-ring (bicyclic) bond motifs is 3. The number of benzene rings is 3. The van der Waals surface area contributed by atoms with Crippen LogP contribution < -0.4 is 4.74 Å². The van der Waals surface area contributed by atoms with Crippen molar-refractivity contribution in [1.82, 2.24) is 14.2 Å². The van der Waals surface area contributed by atoms with E-state index in [0.717, 1.165) is 33.7 Å². The number of ketones is 1. The fourth-order valence-electron chi connectivity index (χ4n) is 3.88. The van der Waals surface area contributed by atoms with Gasteiger partial charge in [0.15, 0.2) is 5.78 Å². The molecule has 0 fully saturated rings. The van der Waals surface area contributed by atoms with Gasteiger partial charge in [0.25, 0.3) is 0 Å². The van der Waals surface area contributed by atoms with Crippen molar-refractivity contribution in [3.8, 4) is 11.5 Å². The van der Waals surface area contributed by atoms with Gasteiger partial charge in [-0.2, -0.15) is 5.10 Å². The number of imidazole rings is 1. The van der Waals surface area contributed by atoms with Crippen LogP contribution in [0.3, 0.4) is 0 Å². The molecule has 5 nitrogen and oxygen atoms in total. The van der Waals surface area contributed by atoms with E-state index >= 15 is 0 Å². The van der Waals surface area contributed by atoms with Gasteiger partial charge in [-0.05, 0) is 55.0 Å². The number of aryl methyl sites for hydroxylation is 2. The van der Waals surface area contributed by atoms with Crippen molar-refractivity contribution in [1.29, 1.82) is 0 Å². The number of carbonyl (C=O) groups excluding carboxylic acids is 1. The largest absolute Gasteiger partial charge is 0.457 e. The number of para-hydroxylation sites is 3. The molecule has 0 bridgehead atoms. The average Bonchev–Trinajstić information content (AvgIpc) is 3.27. The lowest BCUT2D eigenvalue weighted by molar-refractivity contribution is 0.104. The third-order valence-electron chi connectivity index (χ3n) is 5.34. The van der Waals surface area contributed by atoms with E-state index in [1.807, 2.05) is 108 Å². The number of allylic oxidation sites excluding steroid dienone is 1. The Morgan fingerprint density at radius 2 is 1.61 bits per heavy atom. The van der Waals surface area contributed by atoms with Crippen LogP contribution in [-0.4, -0.2) is 20.0 Å². The Hall–Kier alpha value is -4.12. The van der Waals surface area contributed by atoms with Crippen LogP contribution in [0.5, 0.6) is 11.5 Å². The highest BCUT2D eigenvalue weighted by atomic mass is 16.5. The van der Waals surface area contributed by atoms with Gasteiger partial charge in [0, 0.05) is 7.05 Å². The average molecular weight is 407 g/mol. The number of aromatic nitrogens is 3. The molecule has 152 valence electrons. The molecule has 0 aliphatic carbocycles. The first-order valence-electron chi connectivity index (χ1n) is 10.1. The molecule has 0 spiro atoms. The van der Waals surface area contributed by atoms with Gasteiger partial charge >= 0.3 is 0 Å². The molecular weight excluding hydrogens is 386 g/mol. The number of carbonyl (C=O) groups is 1. The summed E-state index contributed by atoms with van der Waals surface area (Å²) in [5.74, 6) is 1.42. The zero-order valence-electron chi connectivity index (χ0n) is 17.3. The topological polar surface area (TPSA) is 48.5 Å². The summed E-state index contributed by atoms with van der Waals surface area (Å²) >= 11 is 0. The smallest absolute Gasteiger partial charge is 0.191 e. The Labute approximate surface area is 179 Å². The van der Waals surface area contributed by atoms with E-state index in [9.17, 15) is 4.79 Å². The quantitative estimate of drug-likeness (QED) is 0.272. The van der Waals surface area contributed by atoms with Crippen LogP contribution in [0.25, 0.3) is 22.8 Å². The van der Waals surface area contributed by atoms with Crippen molar-refractivity contribution in [2.24, 2.45) is 7.05 Å². The molecule has 31 heavy (non-hydrogen) atoms. The van der Waals surface area contributed by atoms with Crippen LogP contribution in [0.1, 0.15) is 21.6 Å². The highest BCUT2D eigenvalue weighted by Gasteiger charge is 2.20. The zero-order valence-corrected chi connectivity index (χ0v) is 17.3. The van der Waals surface area contributed by atoms with E-state index in [0.29, 0.717) is 11.3 Å². The number of nitrogens with zero attached hydrogens (tertiary/aromatic N) is 3. The first-order chi connectivity index (χ1) is 15.1. The Balaban J connectivity index is 1.46. The highest BCUT2D eigenvalue weighted by Crippen LogP contribution is 2.26. The second-order valence-corrected chi connectivity index (χ2v) is 7.43. The summed E-state index contributed by atoms with van der Waals surface area (Å²) in [6.07, 6.45) is 3.41. The molecule has 0 amide bonds. The molecule has 5 heteroatoms. The first-order valence-corrected chi connectivity index (χ1v) is 10.1. The van der Waals surface area contributed by atoms with E-state index in [1.165, 1.54) is 0 Å². The number of hydrogen-bond acceptors (Lipinski definition) is 3. The Bertz CT molecular complexity index is 1440. The molecular formula is C26H21N3O2. The standard InChI is InChI=1S/C26H21N3O2/c1-18-25(26-28(2)22-13-6-7-14-23(22)29(26)27-18)24(30)16-15-19-9-8-12-21(17-19)31-20-10-4-3-5-11-20/h3-17H,1-2H3/b16-15+. The van der Waals surface area contributed by atoms with E-state index < -0.39 is 0 Å². The minimum Gasteiger partial charge on any atom is -0.457 e. The summed E-state index contributed by atoms with van der Waals surface area (Å²) in [5.41, 5.74) is 5.04. The Morgan fingerprint density at radius 1 is 0.903 bits per heavy atom. The predicted octanol–water partition coefficient (Wildman–Crippen LogP) is 5.82. The zero-order chi connectivity index (χ0) is 21.4. The summed E-state index contributed by atoms with van der Waals surface area (Å²) in [7, 11) is 1.96. The molecule has 0 saturated heterocycles. The van der Waals surface area contributed by atoms with Gasteiger partial charge < -0.3 is 9.30 Å². The van der Waals surface area contributed by atoms with Crippen molar-refractivity contribution >= 4 is 28.5 Å². The van der Waals surface area contributed by atoms with Crippen molar-refractivity contribution < 1.29 is 9.53 Å². The minimum atomic E-state index is -0.0761. The van der Waals surface area contributed by atoms with Crippen LogP contribution >= 0.6 is 0 Å². The van der Waals surface area contributed by atoms with Crippen LogP contribution in [0.2, 0.25) is 0 Å². The van der Waals surface area contributed by atoms with Gasteiger partial charge in [0.2, 0.25) is 0 Å². The molecule has 5 aromatic rings. The summed E-state index contributed by atoms with van der Waals surface area (Å²) in [4.78, 5) is 13.1. The first kappa shape index (κ1) is 18.9. The second-order valence-electron chi connectivity index (χ2n) is 7.43. The molecule has 0 unspecified atom stereocenters. The van der Waals surface area contributed by atoms with Crippen LogP contribution in [0.15, 0.2) is 84.9 Å². The van der Waals surface area contributed by atoms with Gasteiger partial charge in [0.05, 0.1) is 22.3 Å². The molecule has 0 aliphatic heterocycles. The number of rotatable bonds is 5. The van der Waals surface area contributed by atoms with Crippen molar-refractivity contribution in [2.75, 3.05) is 0 Å². The van der Waals surface area contributed by atoms with Gasteiger partial charge in [-0.15, -0.1) is 0 Å². The SMILES string of the molecule is Cc1nn2c3ccccc3n(C)c2c1C(=O)/C=C/c1cccc(Oc2ccccc2)c1. The fraction of sp³-hybridized carbons (Fsp3) is 0.0769. The van der Waals surface area contributed by atoms with Gasteiger partial charge in [-0.25, -0.2) is 4.52 Å². The maximum Gasteiger partial charge on any atom is 0.191 e. The lowest BCUT2D eigenvalue weighted by Crippen LogP contribution is -1.99. The van der Waals surface area contributed by atoms with Gasteiger partial charge in [-0.1, -0.05) is 48.5 Å². The maximum atomic E-state index is 13.1. The van der Waals surface area contributed by atoms with Crippen molar-refractivity contribution in [3.05, 3.63) is 102 Å². The van der Waals surface area contributed by atoms with Crippen LogP contribution in [0.4, 0.5) is 0 Å². The van der Waals surface area contributed by atoms with E-state index in [2.05, 4.69) is 5.10 Å². The lowest BCUT2D eigenvalue weighted by Gasteiger charge is -2.05.